The minimum absolute atomic E-state index is 0.632. The van der Waals surface area contributed by atoms with Gasteiger partial charge in [-0.15, -0.1) is 4.94 Å². The third-order valence-electron chi connectivity index (χ3n) is 1.90. The van der Waals surface area contributed by atoms with Crippen LogP contribution >= 0.6 is 11.8 Å². The van der Waals surface area contributed by atoms with Gasteiger partial charge in [-0.05, 0) is 50.8 Å². The predicted octanol–water partition coefficient (Wildman–Crippen LogP) is 0.872. The van der Waals surface area contributed by atoms with Gasteiger partial charge in [0.25, 0.3) is 0 Å². The summed E-state index contributed by atoms with van der Waals surface area (Å²) in [5, 5.41) is 11.0. The van der Waals surface area contributed by atoms with Crippen LogP contribution in [0.4, 0.5) is 0 Å². The van der Waals surface area contributed by atoms with Crippen molar-refractivity contribution >= 4 is 11.8 Å². The van der Waals surface area contributed by atoms with Crippen LogP contribution < -0.4 is 15.6 Å². The molecule has 0 unspecified atom stereocenters. The first-order valence-electron chi connectivity index (χ1n) is 5.27. The SMILES string of the molecule is CCNCCCNCCCN(N=N)NCl. The molecule has 7 heteroatoms. The fourth-order valence-corrected chi connectivity index (χ4v) is 1.23. The van der Waals surface area contributed by atoms with Crippen molar-refractivity contribution in [3.8, 4) is 0 Å². The second kappa shape index (κ2) is 11.6. The van der Waals surface area contributed by atoms with E-state index in [0.29, 0.717) is 6.54 Å². The smallest absolute Gasteiger partial charge is 0.0575 e. The van der Waals surface area contributed by atoms with Crippen molar-refractivity contribution in [2.75, 3.05) is 32.7 Å². The summed E-state index contributed by atoms with van der Waals surface area (Å²) in [4.78, 5) is 2.28. The monoisotopic (exact) mass is 236 g/mol. The average molecular weight is 237 g/mol. The molecular formula is C8H21ClN6. The zero-order chi connectivity index (χ0) is 11.4. The van der Waals surface area contributed by atoms with Crippen molar-refractivity contribution in [3.63, 3.8) is 0 Å². The Morgan fingerprint density at radius 2 is 1.87 bits per heavy atom. The highest BCUT2D eigenvalue weighted by molar-refractivity contribution is 6.13. The molecule has 90 valence electrons. The second-order valence-electron chi connectivity index (χ2n) is 3.12. The van der Waals surface area contributed by atoms with Crippen molar-refractivity contribution in [1.82, 2.24) is 20.7 Å². The number of hydrogen-bond donors (Lipinski definition) is 4. The molecule has 0 saturated carbocycles. The van der Waals surface area contributed by atoms with Crippen LogP contribution in [-0.4, -0.2) is 37.8 Å². The van der Waals surface area contributed by atoms with E-state index in [0.717, 1.165) is 39.0 Å². The van der Waals surface area contributed by atoms with E-state index in [4.69, 9.17) is 17.3 Å². The molecule has 4 N–H and O–H groups in total. The molecule has 0 saturated heterocycles. The zero-order valence-corrected chi connectivity index (χ0v) is 9.98. The van der Waals surface area contributed by atoms with E-state index in [1.54, 1.807) is 0 Å². The first-order valence-corrected chi connectivity index (χ1v) is 5.65. The summed E-state index contributed by atoms with van der Waals surface area (Å²) in [6.45, 7) is 6.75. The Hall–Kier alpha value is -0.430. The van der Waals surface area contributed by atoms with Gasteiger partial charge < -0.3 is 10.6 Å². The van der Waals surface area contributed by atoms with Crippen molar-refractivity contribution < 1.29 is 0 Å². The van der Waals surface area contributed by atoms with Gasteiger partial charge in [-0.25, -0.2) is 0 Å². The first kappa shape index (κ1) is 14.6. The Morgan fingerprint density at radius 1 is 1.20 bits per heavy atom. The molecule has 0 bridgehead atoms. The van der Waals surface area contributed by atoms with E-state index in [1.807, 2.05) is 0 Å². The van der Waals surface area contributed by atoms with E-state index in [-0.39, 0.29) is 0 Å². The van der Waals surface area contributed by atoms with Gasteiger partial charge in [0.15, 0.2) is 0 Å². The molecular weight excluding hydrogens is 216 g/mol. The van der Waals surface area contributed by atoms with Crippen molar-refractivity contribution in [3.05, 3.63) is 0 Å². The number of hydrazine groups is 1. The lowest BCUT2D eigenvalue weighted by Gasteiger charge is -2.12. The molecule has 15 heavy (non-hydrogen) atoms. The molecule has 6 nitrogen and oxygen atoms in total. The fourth-order valence-electron chi connectivity index (χ4n) is 1.11. The maximum absolute atomic E-state index is 6.73. The third kappa shape index (κ3) is 9.86. The Labute approximate surface area is 96.3 Å². The summed E-state index contributed by atoms with van der Waals surface area (Å²) in [6, 6.07) is 0. The summed E-state index contributed by atoms with van der Waals surface area (Å²) in [6.07, 6.45) is 2.04. The molecule has 0 atom stereocenters. The predicted molar refractivity (Wildman–Crippen MR) is 61.5 cm³/mol. The summed E-state index contributed by atoms with van der Waals surface area (Å²) in [7, 11) is 0. The third-order valence-corrected chi connectivity index (χ3v) is 2.09. The first-order chi connectivity index (χ1) is 7.35. The minimum atomic E-state index is 0.632. The second-order valence-corrected chi connectivity index (χ2v) is 3.29. The van der Waals surface area contributed by atoms with Crippen LogP contribution in [0.5, 0.6) is 0 Å². The molecule has 0 rings (SSSR count). The Bertz CT molecular complexity index is 145. The minimum Gasteiger partial charge on any atom is -0.317 e. The van der Waals surface area contributed by atoms with Crippen LogP contribution in [0, 0.1) is 5.53 Å². The normalized spacial score (nSPS) is 10.3. The van der Waals surface area contributed by atoms with Crippen LogP contribution in [0.15, 0.2) is 5.22 Å². The number of rotatable bonds is 11. The van der Waals surface area contributed by atoms with Gasteiger partial charge in [0.2, 0.25) is 0 Å². The van der Waals surface area contributed by atoms with Gasteiger partial charge in [0, 0.05) is 0 Å². The topological polar surface area (TPSA) is 75.5 Å². The summed E-state index contributed by atoms with van der Waals surface area (Å²) >= 11 is 5.30. The summed E-state index contributed by atoms with van der Waals surface area (Å²) in [5.74, 6) is 0. The standard InChI is InChI=1S/C8H21ClN6/c1-2-11-5-3-6-12-7-4-8-15(13-9)14-10/h10-13H,2-8H2,1H3. The molecule has 0 aromatic rings. The Morgan fingerprint density at radius 3 is 2.47 bits per heavy atom. The van der Waals surface area contributed by atoms with Gasteiger partial charge in [0.05, 0.1) is 6.54 Å². The Kier molecular flexibility index (Phi) is 11.3. The largest absolute Gasteiger partial charge is 0.317 e. The highest BCUT2D eigenvalue weighted by atomic mass is 35.5. The maximum Gasteiger partial charge on any atom is 0.0575 e. The number of halogens is 1. The molecule has 0 aromatic heterocycles. The van der Waals surface area contributed by atoms with Gasteiger partial charge in [0.1, 0.15) is 0 Å². The van der Waals surface area contributed by atoms with E-state index < -0.39 is 0 Å². The van der Waals surface area contributed by atoms with Crippen molar-refractivity contribution in [2.24, 2.45) is 5.22 Å². The van der Waals surface area contributed by atoms with E-state index in [2.05, 4.69) is 27.7 Å². The zero-order valence-electron chi connectivity index (χ0n) is 9.22. The highest BCUT2D eigenvalue weighted by Crippen LogP contribution is 1.87. The molecule has 0 aliphatic carbocycles. The van der Waals surface area contributed by atoms with Crippen molar-refractivity contribution in [1.29, 1.82) is 5.53 Å². The van der Waals surface area contributed by atoms with Gasteiger partial charge in [-0.2, -0.15) is 10.6 Å². The highest BCUT2D eigenvalue weighted by Gasteiger charge is 1.96. The number of nitrogens with zero attached hydrogens (tertiary/aromatic N) is 2. The average Bonchev–Trinajstić information content (AvgIpc) is 2.27. The van der Waals surface area contributed by atoms with Crippen LogP contribution in [0.1, 0.15) is 19.8 Å². The molecule has 0 heterocycles. The van der Waals surface area contributed by atoms with Crippen LogP contribution in [0.25, 0.3) is 0 Å². The number of nitrogens with one attached hydrogen (secondary N) is 4. The molecule has 0 spiro atoms. The van der Waals surface area contributed by atoms with Crippen LogP contribution in [-0.2, 0) is 0 Å². The molecule has 0 radical (unpaired) electrons. The molecule has 0 aliphatic rings. The lowest BCUT2D eigenvalue weighted by Crippen LogP contribution is -2.29. The van der Waals surface area contributed by atoms with Gasteiger partial charge in [-0.1, -0.05) is 12.1 Å². The number of hydrogen-bond acceptors (Lipinski definition) is 5. The maximum atomic E-state index is 6.73. The van der Waals surface area contributed by atoms with Gasteiger partial charge in [-0.3, -0.25) is 0 Å². The lowest BCUT2D eigenvalue weighted by atomic mass is 10.4. The van der Waals surface area contributed by atoms with Crippen LogP contribution in [0.2, 0.25) is 0 Å². The van der Waals surface area contributed by atoms with E-state index in [9.17, 15) is 0 Å². The lowest BCUT2D eigenvalue weighted by molar-refractivity contribution is 0.228. The molecule has 0 fully saturated rings. The fraction of sp³-hybridized carbons (Fsp3) is 1.00. The van der Waals surface area contributed by atoms with E-state index in [1.165, 1.54) is 5.12 Å². The van der Waals surface area contributed by atoms with Crippen molar-refractivity contribution in [2.45, 2.75) is 19.8 Å². The summed E-state index contributed by atoms with van der Waals surface area (Å²) in [5.41, 5.74) is 6.73. The Balaban J connectivity index is 3.07. The molecule has 0 aliphatic heterocycles. The quantitative estimate of drug-likeness (QED) is 0.186. The van der Waals surface area contributed by atoms with Crippen LogP contribution in [0.3, 0.4) is 0 Å². The molecule has 0 aromatic carbocycles. The van der Waals surface area contributed by atoms with E-state index >= 15 is 0 Å². The van der Waals surface area contributed by atoms with Gasteiger partial charge >= 0.3 is 0 Å². The molecule has 0 amide bonds. The summed E-state index contributed by atoms with van der Waals surface area (Å²) < 4.78 is 0.